The molecule has 2 unspecified atom stereocenters. The number of nitrogens with two attached hydrogens (primary N) is 1. The van der Waals surface area contributed by atoms with E-state index in [2.05, 4.69) is 5.32 Å². The third-order valence-electron chi connectivity index (χ3n) is 4.87. The number of hydrogen-bond donors (Lipinski definition) is 3. The number of carbonyl (C=O) groups excluding carboxylic acids is 2. The van der Waals surface area contributed by atoms with Crippen molar-refractivity contribution in [3.8, 4) is 11.5 Å². The highest BCUT2D eigenvalue weighted by Gasteiger charge is 2.53. The zero-order valence-corrected chi connectivity index (χ0v) is 15.8. The molecule has 0 aromatic heterocycles. The first-order chi connectivity index (χ1) is 13.4. The van der Waals surface area contributed by atoms with E-state index in [0.29, 0.717) is 41.6 Å². The van der Waals surface area contributed by atoms with E-state index < -0.39 is 35.2 Å². The minimum absolute atomic E-state index is 0.00427. The van der Waals surface area contributed by atoms with Crippen molar-refractivity contribution in [3.63, 3.8) is 0 Å². The fourth-order valence-electron chi connectivity index (χ4n) is 3.42. The molecule has 3 atom stereocenters. The van der Waals surface area contributed by atoms with Crippen molar-refractivity contribution in [1.29, 1.82) is 0 Å². The third kappa shape index (κ3) is 2.98. The molecule has 0 bridgehead atoms. The van der Waals surface area contributed by atoms with E-state index in [4.69, 9.17) is 15.2 Å². The number of aliphatic carboxylic acids is 1. The maximum atomic E-state index is 12.6. The summed E-state index contributed by atoms with van der Waals surface area (Å²) in [6.45, 7) is 2.57. The van der Waals surface area contributed by atoms with Gasteiger partial charge in [-0.25, -0.2) is 4.79 Å². The summed E-state index contributed by atoms with van der Waals surface area (Å²) >= 11 is 1.41. The van der Waals surface area contributed by atoms with Gasteiger partial charge in [0, 0.05) is 5.75 Å². The molecule has 148 valence electrons. The molecule has 3 heterocycles. The van der Waals surface area contributed by atoms with Crippen molar-refractivity contribution in [2.24, 2.45) is 5.73 Å². The quantitative estimate of drug-likeness (QED) is 0.606. The van der Waals surface area contributed by atoms with Crippen LogP contribution < -0.4 is 20.5 Å². The van der Waals surface area contributed by atoms with Gasteiger partial charge in [0.25, 0.3) is 5.91 Å². The van der Waals surface area contributed by atoms with Gasteiger partial charge < -0.3 is 25.6 Å². The van der Waals surface area contributed by atoms with Gasteiger partial charge in [-0.15, -0.1) is 11.8 Å². The van der Waals surface area contributed by atoms with Crippen LogP contribution in [0.3, 0.4) is 0 Å². The maximum absolute atomic E-state index is 12.6. The molecule has 0 spiro atoms. The highest BCUT2D eigenvalue weighted by Crippen LogP contribution is 2.40. The molecule has 0 saturated carbocycles. The molecule has 2 amide bonds. The number of hydrogen-bond acceptors (Lipinski definition) is 7. The fourth-order valence-corrected chi connectivity index (χ4v) is 4.72. The molecule has 0 aliphatic carbocycles. The Labute approximate surface area is 164 Å². The van der Waals surface area contributed by atoms with E-state index in [0.717, 1.165) is 0 Å². The molecule has 9 nitrogen and oxygen atoms in total. The second-order valence-corrected chi connectivity index (χ2v) is 7.82. The van der Waals surface area contributed by atoms with E-state index in [1.54, 1.807) is 25.1 Å². The van der Waals surface area contributed by atoms with Gasteiger partial charge in [-0.1, -0.05) is 6.07 Å². The largest absolute Gasteiger partial charge is 0.486 e. The third-order valence-corrected chi connectivity index (χ3v) is 6.29. The summed E-state index contributed by atoms with van der Waals surface area (Å²) < 4.78 is 11.0. The van der Waals surface area contributed by atoms with E-state index in [-0.39, 0.29) is 5.70 Å². The molecule has 1 aromatic rings. The number of carboxylic acids is 1. The molecule has 10 heteroatoms. The molecule has 1 fully saturated rings. The van der Waals surface area contributed by atoms with Gasteiger partial charge in [-0.2, -0.15) is 0 Å². The topological polar surface area (TPSA) is 131 Å². The maximum Gasteiger partial charge on any atom is 0.352 e. The molecular formula is C18H19N3O6S. The number of thioether (sulfide) groups is 1. The highest BCUT2D eigenvalue weighted by molar-refractivity contribution is 8.00. The molecular weight excluding hydrogens is 386 g/mol. The van der Waals surface area contributed by atoms with Crippen molar-refractivity contribution in [1.82, 2.24) is 10.2 Å². The number of ether oxygens (including phenoxy) is 2. The number of amides is 2. The minimum Gasteiger partial charge on any atom is -0.486 e. The van der Waals surface area contributed by atoms with Crippen molar-refractivity contribution in [2.75, 3.05) is 19.0 Å². The van der Waals surface area contributed by atoms with Crippen LogP contribution >= 0.6 is 11.8 Å². The zero-order chi connectivity index (χ0) is 20.0. The van der Waals surface area contributed by atoms with Gasteiger partial charge >= 0.3 is 5.97 Å². The number of carboxylic acid groups (broad SMARTS) is 1. The van der Waals surface area contributed by atoms with E-state index >= 15 is 0 Å². The van der Waals surface area contributed by atoms with E-state index in [9.17, 15) is 19.5 Å². The van der Waals surface area contributed by atoms with Gasteiger partial charge in [-0.05, 0) is 30.2 Å². The normalized spacial score (nSPS) is 24.2. The van der Waals surface area contributed by atoms with Crippen LogP contribution in [0.5, 0.6) is 11.5 Å². The molecule has 28 heavy (non-hydrogen) atoms. The zero-order valence-electron chi connectivity index (χ0n) is 15.0. The summed E-state index contributed by atoms with van der Waals surface area (Å²) in [7, 11) is 0. The Balaban J connectivity index is 1.46. The number of fused-ring (bicyclic) bond motifs is 2. The van der Waals surface area contributed by atoms with Crippen LogP contribution in [0.1, 0.15) is 18.5 Å². The lowest BCUT2D eigenvalue weighted by molar-refractivity contribution is -0.150. The van der Waals surface area contributed by atoms with Gasteiger partial charge in [0.1, 0.15) is 36.4 Å². The summed E-state index contributed by atoms with van der Waals surface area (Å²) in [6, 6.07) is 3.22. The van der Waals surface area contributed by atoms with Gasteiger partial charge in [0.05, 0.1) is 0 Å². The van der Waals surface area contributed by atoms with Crippen molar-refractivity contribution < 1.29 is 29.0 Å². The van der Waals surface area contributed by atoms with E-state index in [1.165, 1.54) is 16.7 Å². The summed E-state index contributed by atoms with van der Waals surface area (Å²) in [4.78, 5) is 37.7. The molecule has 4 rings (SSSR count). The Morgan fingerprint density at radius 1 is 1.32 bits per heavy atom. The molecule has 3 aliphatic heterocycles. The Morgan fingerprint density at radius 3 is 2.75 bits per heavy atom. The lowest BCUT2D eigenvalue weighted by atomic mass is 10.0. The first-order valence-corrected chi connectivity index (χ1v) is 9.76. The lowest BCUT2D eigenvalue weighted by Crippen LogP contribution is -2.71. The Bertz CT molecular complexity index is 901. The summed E-state index contributed by atoms with van der Waals surface area (Å²) in [5.41, 5.74) is 7.22. The number of nitrogens with one attached hydrogen (secondary N) is 1. The standard InChI is InChI=1S/C18H19N3O6S/c1-8-7-28-17-13(16(23)21(17)14(8)18(24)25)20-15(22)12(19)9-2-3-10-11(6-9)27-5-4-26-10/h2-3,6,12-13,17H,4-5,7,19H2,1H3,(H,20,22)(H,24,25)/t12-,13?,17?/m1/s1. The van der Waals surface area contributed by atoms with Crippen molar-refractivity contribution in [2.45, 2.75) is 24.4 Å². The van der Waals surface area contributed by atoms with Crippen molar-refractivity contribution in [3.05, 3.63) is 35.0 Å². The second kappa shape index (κ2) is 7.02. The Hall–Kier alpha value is -2.72. The van der Waals surface area contributed by atoms with Crippen LogP contribution in [-0.2, 0) is 14.4 Å². The van der Waals surface area contributed by atoms with Crippen LogP contribution in [0.4, 0.5) is 0 Å². The highest BCUT2D eigenvalue weighted by atomic mass is 32.2. The van der Waals surface area contributed by atoms with E-state index in [1.807, 2.05) is 0 Å². The molecule has 1 saturated heterocycles. The predicted molar refractivity (Wildman–Crippen MR) is 99.7 cm³/mol. The Kier molecular flexibility index (Phi) is 4.68. The first-order valence-electron chi connectivity index (χ1n) is 8.71. The smallest absolute Gasteiger partial charge is 0.352 e. The van der Waals surface area contributed by atoms with Gasteiger partial charge in [-0.3, -0.25) is 14.5 Å². The molecule has 1 aromatic carbocycles. The molecule has 4 N–H and O–H groups in total. The summed E-state index contributed by atoms with van der Waals surface area (Å²) in [6.07, 6.45) is 0. The fraction of sp³-hybridized carbons (Fsp3) is 0.389. The van der Waals surface area contributed by atoms with Crippen LogP contribution in [0.2, 0.25) is 0 Å². The second-order valence-electron chi connectivity index (χ2n) is 6.71. The van der Waals surface area contributed by atoms with Gasteiger partial charge in [0.15, 0.2) is 11.5 Å². The number of nitrogens with zero attached hydrogens (tertiary/aromatic N) is 1. The summed E-state index contributed by atoms with van der Waals surface area (Å²) in [5.74, 6) is -0.512. The summed E-state index contributed by atoms with van der Waals surface area (Å²) in [5, 5.41) is 11.6. The number of β-lactam (4-membered cyclic amide) rings is 1. The van der Waals surface area contributed by atoms with Crippen LogP contribution in [-0.4, -0.2) is 58.2 Å². The average Bonchev–Trinajstić information content (AvgIpc) is 2.70. The number of rotatable bonds is 4. The monoisotopic (exact) mass is 405 g/mol. The SMILES string of the molecule is CC1=C(C(=O)O)N2C(=O)C(NC(=O)[C@H](N)c3ccc4c(c3)OCCO4)C2SC1. The van der Waals surface area contributed by atoms with Gasteiger partial charge in [0.2, 0.25) is 5.91 Å². The van der Waals surface area contributed by atoms with Crippen molar-refractivity contribution >= 4 is 29.5 Å². The first kappa shape index (κ1) is 18.6. The Morgan fingerprint density at radius 2 is 2.04 bits per heavy atom. The van der Waals surface area contributed by atoms with Crippen LogP contribution in [0.25, 0.3) is 0 Å². The number of benzene rings is 1. The number of carbonyl (C=O) groups is 3. The molecule has 0 radical (unpaired) electrons. The van der Waals surface area contributed by atoms with Crippen LogP contribution in [0, 0.1) is 0 Å². The van der Waals surface area contributed by atoms with Crippen LogP contribution in [0.15, 0.2) is 29.5 Å². The predicted octanol–water partition coefficient (Wildman–Crippen LogP) is 0.216. The average molecular weight is 405 g/mol. The molecule has 3 aliphatic rings. The lowest BCUT2D eigenvalue weighted by Gasteiger charge is -2.49. The minimum atomic E-state index is -1.14.